The SMILES string of the molecule is FC(F)c1nc(-c2cccc(Br)c2)n[nH]1. The van der Waals surface area contributed by atoms with Crippen molar-refractivity contribution in [1.29, 1.82) is 0 Å². The Kier molecular flexibility index (Phi) is 2.77. The molecule has 15 heavy (non-hydrogen) atoms. The molecule has 0 radical (unpaired) electrons. The molecule has 3 nitrogen and oxygen atoms in total. The van der Waals surface area contributed by atoms with Crippen LogP contribution in [0.15, 0.2) is 28.7 Å². The largest absolute Gasteiger partial charge is 0.296 e. The summed E-state index contributed by atoms with van der Waals surface area (Å²) in [6, 6.07) is 7.14. The van der Waals surface area contributed by atoms with Crippen molar-refractivity contribution in [3.63, 3.8) is 0 Å². The average molecular weight is 274 g/mol. The highest BCUT2D eigenvalue weighted by atomic mass is 79.9. The highest BCUT2D eigenvalue weighted by Crippen LogP contribution is 2.21. The van der Waals surface area contributed by atoms with Crippen molar-refractivity contribution in [1.82, 2.24) is 15.2 Å². The molecule has 1 N–H and O–H groups in total. The molecule has 0 amide bonds. The van der Waals surface area contributed by atoms with Gasteiger partial charge in [0.15, 0.2) is 11.6 Å². The molecule has 2 aromatic rings. The number of aromatic nitrogens is 3. The van der Waals surface area contributed by atoms with Gasteiger partial charge in [-0.3, -0.25) is 5.10 Å². The molecule has 1 aromatic heterocycles. The van der Waals surface area contributed by atoms with E-state index >= 15 is 0 Å². The van der Waals surface area contributed by atoms with Crippen LogP contribution >= 0.6 is 15.9 Å². The van der Waals surface area contributed by atoms with Crippen LogP contribution in [-0.4, -0.2) is 15.2 Å². The minimum atomic E-state index is -2.63. The van der Waals surface area contributed by atoms with Crippen LogP contribution in [0.4, 0.5) is 8.78 Å². The molecule has 0 aliphatic heterocycles. The van der Waals surface area contributed by atoms with E-state index in [0.717, 1.165) is 4.47 Å². The predicted octanol–water partition coefficient (Wildman–Crippen LogP) is 3.17. The molecule has 6 heteroatoms. The van der Waals surface area contributed by atoms with Gasteiger partial charge in [0.1, 0.15) is 0 Å². The van der Waals surface area contributed by atoms with Crippen LogP contribution in [0.1, 0.15) is 12.2 Å². The van der Waals surface area contributed by atoms with Crippen molar-refractivity contribution in [2.75, 3.05) is 0 Å². The second-order valence-corrected chi connectivity index (χ2v) is 3.77. The molecule has 0 fully saturated rings. The lowest BCUT2D eigenvalue weighted by Crippen LogP contribution is -1.86. The van der Waals surface area contributed by atoms with E-state index in [1.165, 1.54) is 0 Å². The molecule has 2 rings (SSSR count). The fourth-order valence-electron chi connectivity index (χ4n) is 1.13. The summed E-state index contributed by atoms with van der Waals surface area (Å²) < 4.78 is 25.3. The Balaban J connectivity index is 2.37. The van der Waals surface area contributed by atoms with E-state index in [-0.39, 0.29) is 5.82 Å². The lowest BCUT2D eigenvalue weighted by molar-refractivity contribution is 0.141. The Morgan fingerprint density at radius 2 is 2.13 bits per heavy atom. The Bertz CT molecular complexity index is 470. The Labute approximate surface area is 92.7 Å². The molecule has 78 valence electrons. The number of benzene rings is 1. The van der Waals surface area contributed by atoms with Gasteiger partial charge in [0, 0.05) is 10.0 Å². The van der Waals surface area contributed by atoms with Crippen molar-refractivity contribution in [3.8, 4) is 11.4 Å². The van der Waals surface area contributed by atoms with E-state index in [9.17, 15) is 8.78 Å². The van der Waals surface area contributed by atoms with Gasteiger partial charge in [-0.25, -0.2) is 13.8 Å². The van der Waals surface area contributed by atoms with E-state index < -0.39 is 12.2 Å². The topological polar surface area (TPSA) is 41.6 Å². The summed E-state index contributed by atoms with van der Waals surface area (Å²) in [6.45, 7) is 0. The monoisotopic (exact) mass is 273 g/mol. The third-order valence-electron chi connectivity index (χ3n) is 1.79. The highest BCUT2D eigenvalue weighted by Gasteiger charge is 2.13. The van der Waals surface area contributed by atoms with Crippen LogP contribution in [0, 0.1) is 0 Å². The van der Waals surface area contributed by atoms with Gasteiger partial charge in [0.25, 0.3) is 6.43 Å². The van der Waals surface area contributed by atoms with Crippen molar-refractivity contribution in [3.05, 3.63) is 34.6 Å². The number of hydrogen-bond acceptors (Lipinski definition) is 2. The highest BCUT2D eigenvalue weighted by molar-refractivity contribution is 9.10. The smallest absolute Gasteiger partial charge is 0.258 e. The summed E-state index contributed by atoms with van der Waals surface area (Å²) in [5, 5.41) is 5.91. The van der Waals surface area contributed by atoms with Crippen LogP contribution in [0.25, 0.3) is 11.4 Å². The number of aromatic amines is 1. The van der Waals surface area contributed by atoms with Gasteiger partial charge in [-0.1, -0.05) is 28.1 Å². The van der Waals surface area contributed by atoms with E-state index in [4.69, 9.17) is 0 Å². The fraction of sp³-hybridized carbons (Fsp3) is 0.111. The number of hydrogen-bond donors (Lipinski definition) is 1. The number of nitrogens with zero attached hydrogens (tertiary/aromatic N) is 2. The normalized spacial score (nSPS) is 10.9. The Morgan fingerprint density at radius 1 is 1.33 bits per heavy atom. The summed E-state index contributed by atoms with van der Waals surface area (Å²) in [5.41, 5.74) is 0.688. The maximum atomic E-state index is 12.2. The first-order chi connectivity index (χ1) is 7.16. The Hall–Kier alpha value is -1.30. The summed E-state index contributed by atoms with van der Waals surface area (Å²) in [4.78, 5) is 3.68. The Morgan fingerprint density at radius 3 is 2.73 bits per heavy atom. The molecule has 0 saturated carbocycles. The van der Waals surface area contributed by atoms with Gasteiger partial charge >= 0.3 is 0 Å². The van der Waals surface area contributed by atoms with Crippen LogP contribution in [0.3, 0.4) is 0 Å². The summed E-state index contributed by atoms with van der Waals surface area (Å²) in [5.74, 6) is -0.142. The van der Waals surface area contributed by atoms with E-state index in [1.54, 1.807) is 18.2 Å². The quantitative estimate of drug-likeness (QED) is 0.913. The third kappa shape index (κ3) is 2.20. The second-order valence-electron chi connectivity index (χ2n) is 2.86. The van der Waals surface area contributed by atoms with Gasteiger partial charge in [0.2, 0.25) is 0 Å². The van der Waals surface area contributed by atoms with Crippen LogP contribution in [-0.2, 0) is 0 Å². The first kappa shape index (κ1) is 10.2. The van der Waals surface area contributed by atoms with E-state index in [2.05, 4.69) is 31.1 Å². The zero-order valence-electron chi connectivity index (χ0n) is 7.42. The summed E-state index contributed by atoms with van der Waals surface area (Å²) in [7, 11) is 0. The van der Waals surface area contributed by atoms with Crippen molar-refractivity contribution in [2.45, 2.75) is 6.43 Å². The molecule has 0 aliphatic carbocycles. The molecule has 0 atom stereocenters. The van der Waals surface area contributed by atoms with Gasteiger partial charge in [-0.05, 0) is 12.1 Å². The minimum Gasteiger partial charge on any atom is -0.258 e. The fourth-order valence-corrected chi connectivity index (χ4v) is 1.53. The van der Waals surface area contributed by atoms with Gasteiger partial charge in [-0.15, -0.1) is 0 Å². The zero-order chi connectivity index (χ0) is 10.8. The number of H-pyrrole nitrogens is 1. The number of rotatable bonds is 2. The minimum absolute atomic E-state index is 0.270. The molecular weight excluding hydrogens is 268 g/mol. The molecular formula is C9H6BrF2N3. The van der Waals surface area contributed by atoms with Crippen LogP contribution < -0.4 is 0 Å². The standard InChI is InChI=1S/C9H6BrF2N3/c10-6-3-1-2-5(4-6)8-13-9(7(11)12)15-14-8/h1-4,7H,(H,13,14,15). The number of nitrogens with one attached hydrogen (secondary N) is 1. The molecule has 1 heterocycles. The molecule has 0 spiro atoms. The maximum absolute atomic E-state index is 12.2. The molecule has 0 saturated heterocycles. The van der Waals surface area contributed by atoms with Crippen LogP contribution in [0.2, 0.25) is 0 Å². The second kappa shape index (κ2) is 4.06. The molecule has 0 bridgehead atoms. The van der Waals surface area contributed by atoms with Gasteiger partial charge < -0.3 is 0 Å². The van der Waals surface area contributed by atoms with Gasteiger partial charge in [0.05, 0.1) is 0 Å². The first-order valence-corrected chi connectivity index (χ1v) is 4.92. The summed E-state index contributed by atoms with van der Waals surface area (Å²) >= 11 is 3.28. The molecule has 0 aliphatic rings. The van der Waals surface area contributed by atoms with Gasteiger partial charge in [-0.2, -0.15) is 5.10 Å². The number of halogens is 3. The van der Waals surface area contributed by atoms with Crippen molar-refractivity contribution < 1.29 is 8.78 Å². The predicted molar refractivity (Wildman–Crippen MR) is 54.5 cm³/mol. The number of alkyl halides is 2. The molecule has 0 unspecified atom stereocenters. The summed E-state index contributed by atoms with van der Waals surface area (Å²) in [6.07, 6.45) is -2.63. The lowest BCUT2D eigenvalue weighted by atomic mass is 10.2. The van der Waals surface area contributed by atoms with Crippen molar-refractivity contribution in [2.24, 2.45) is 0 Å². The van der Waals surface area contributed by atoms with E-state index in [1.807, 2.05) is 6.07 Å². The maximum Gasteiger partial charge on any atom is 0.296 e. The van der Waals surface area contributed by atoms with E-state index in [0.29, 0.717) is 5.56 Å². The van der Waals surface area contributed by atoms with Crippen LogP contribution in [0.5, 0.6) is 0 Å². The average Bonchev–Trinajstić information content (AvgIpc) is 2.66. The lowest BCUT2D eigenvalue weighted by Gasteiger charge is -1.94. The zero-order valence-corrected chi connectivity index (χ0v) is 9.00. The third-order valence-corrected chi connectivity index (χ3v) is 2.29. The molecule has 1 aromatic carbocycles. The first-order valence-electron chi connectivity index (χ1n) is 4.13. The van der Waals surface area contributed by atoms with Crippen molar-refractivity contribution >= 4 is 15.9 Å².